The quantitative estimate of drug-likeness (QED) is 0.568. The van der Waals surface area contributed by atoms with Crippen LogP contribution in [-0.4, -0.2) is 34.1 Å². The summed E-state index contributed by atoms with van der Waals surface area (Å²) in [6.07, 6.45) is 4.32. The lowest BCUT2D eigenvalue weighted by atomic mass is 10.2. The number of rotatable bonds is 7. The van der Waals surface area contributed by atoms with Gasteiger partial charge in [-0.05, 0) is 44.0 Å². The molecule has 1 saturated heterocycles. The SMILES string of the molecule is Cc1oc(-c2ccccc2Cl)nc1CN(Cc1ccccn1)C[C@@H]1CCCO1. The highest BCUT2D eigenvalue weighted by Crippen LogP contribution is 2.29. The third kappa shape index (κ3) is 4.61. The molecule has 28 heavy (non-hydrogen) atoms. The largest absolute Gasteiger partial charge is 0.441 e. The van der Waals surface area contributed by atoms with Gasteiger partial charge in [-0.15, -0.1) is 0 Å². The topological polar surface area (TPSA) is 51.4 Å². The van der Waals surface area contributed by atoms with Gasteiger partial charge in [0.1, 0.15) is 5.76 Å². The van der Waals surface area contributed by atoms with Gasteiger partial charge in [-0.2, -0.15) is 0 Å². The summed E-state index contributed by atoms with van der Waals surface area (Å²) in [4.78, 5) is 11.6. The lowest BCUT2D eigenvalue weighted by Gasteiger charge is -2.24. The fraction of sp³-hybridized carbons (Fsp3) is 0.364. The first-order chi connectivity index (χ1) is 13.7. The zero-order valence-corrected chi connectivity index (χ0v) is 16.7. The molecule has 3 aromatic rings. The molecule has 0 bridgehead atoms. The van der Waals surface area contributed by atoms with Crippen molar-refractivity contribution in [1.82, 2.24) is 14.9 Å². The maximum absolute atomic E-state index is 6.31. The van der Waals surface area contributed by atoms with E-state index in [4.69, 9.17) is 25.7 Å². The molecule has 0 aliphatic carbocycles. The van der Waals surface area contributed by atoms with Crippen LogP contribution in [0, 0.1) is 6.92 Å². The Hall–Kier alpha value is -2.21. The van der Waals surface area contributed by atoms with Gasteiger partial charge in [0.15, 0.2) is 0 Å². The highest BCUT2D eigenvalue weighted by molar-refractivity contribution is 6.33. The lowest BCUT2D eigenvalue weighted by molar-refractivity contribution is 0.0669. The van der Waals surface area contributed by atoms with E-state index in [1.165, 1.54) is 0 Å². The third-order valence-electron chi connectivity index (χ3n) is 4.97. The van der Waals surface area contributed by atoms with E-state index in [0.29, 0.717) is 17.5 Å². The van der Waals surface area contributed by atoms with E-state index in [0.717, 1.165) is 55.2 Å². The van der Waals surface area contributed by atoms with E-state index >= 15 is 0 Å². The van der Waals surface area contributed by atoms with Crippen molar-refractivity contribution in [2.75, 3.05) is 13.2 Å². The number of hydrogen-bond acceptors (Lipinski definition) is 5. The number of aryl methyl sites for hydroxylation is 1. The molecule has 2 aromatic heterocycles. The Morgan fingerprint density at radius 3 is 2.75 bits per heavy atom. The van der Waals surface area contributed by atoms with Gasteiger partial charge < -0.3 is 9.15 Å². The molecular formula is C22H24ClN3O2. The van der Waals surface area contributed by atoms with Crippen molar-refractivity contribution in [3.8, 4) is 11.5 Å². The molecule has 5 nitrogen and oxygen atoms in total. The molecule has 1 aromatic carbocycles. The van der Waals surface area contributed by atoms with Crippen molar-refractivity contribution in [2.24, 2.45) is 0 Å². The number of ether oxygens (including phenoxy) is 1. The molecule has 1 fully saturated rings. The van der Waals surface area contributed by atoms with E-state index in [-0.39, 0.29) is 6.10 Å². The zero-order valence-electron chi connectivity index (χ0n) is 16.0. The molecule has 4 rings (SSSR count). The molecule has 146 valence electrons. The van der Waals surface area contributed by atoms with Crippen molar-refractivity contribution in [3.05, 3.63) is 70.8 Å². The molecule has 0 N–H and O–H groups in total. The molecule has 0 radical (unpaired) electrons. The van der Waals surface area contributed by atoms with E-state index in [9.17, 15) is 0 Å². The summed E-state index contributed by atoms with van der Waals surface area (Å²) >= 11 is 6.31. The van der Waals surface area contributed by atoms with Crippen LogP contribution in [0.5, 0.6) is 0 Å². The number of benzene rings is 1. The van der Waals surface area contributed by atoms with E-state index in [1.54, 1.807) is 0 Å². The van der Waals surface area contributed by atoms with Gasteiger partial charge in [0.25, 0.3) is 0 Å². The Labute approximate surface area is 170 Å². The standard InChI is InChI=1S/C22H24ClN3O2/c1-16-21(25-22(28-16)19-9-2-3-10-20(19)23)15-26(14-18-8-6-12-27-18)13-17-7-4-5-11-24-17/h2-5,7,9-11,18H,6,8,12-15H2,1H3/t18-/m0/s1. The average molecular weight is 398 g/mol. The maximum Gasteiger partial charge on any atom is 0.228 e. The molecule has 1 aliphatic heterocycles. The average Bonchev–Trinajstić information content (AvgIpc) is 3.33. The Kier molecular flexibility index (Phi) is 6.05. The highest BCUT2D eigenvalue weighted by Gasteiger charge is 2.22. The molecule has 0 saturated carbocycles. The van der Waals surface area contributed by atoms with Gasteiger partial charge in [0.2, 0.25) is 5.89 Å². The van der Waals surface area contributed by atoms with Crippen LogP contribution in [0.4, 0.5) is 0 Å². The number of hydrogen-bond donors (Lipinski definition) is 0. The first-order valence-electron chi connectivity index (χ1n) is 9.64. The predicted octanol–water partition coefficient (Wildman–Crippen LogP) is 4.88. The maximum atomic E-state index is 6.31. The second kappa shape index (κ2) is 8.86. The van der Waals surface area contributed by atoms with Gasteiger partial charge in [-0.3, -0.25) is 9.88 Å². The molecule has 6 heteroatoms. The Morgan fingerprint density at radius 1 is 1.14 bits per heavy atom. The van der Waals surface area contributed by atoms with Gasteiger partial charge >= 0.3 is 0 Å². The first-order valence-corrected chi connectivity index (χ1v) is 10.0. The van der Waals surface area contributed by atoms with E-state index in [2.05, 4.69) is 9.88 Å². The van der Waals surface area contributed by atoms with Crippen LogP contribution in [0.3, 0.4) is 0 Å². The molecule has 0 spiro atoms. The molecule has 0 amide bonds. The second-order valence-electron chi connectivity index (χ2n) is 7.13. The van der Waals surface area contributed by atoms with Crippen LogP contribution in [0.2, 0.25) is 5.02 Å². The van der Waals surface area contributed by atoms with E-state index in [1.807, 2.05) is 55.6 Å². The Balaban J connectivity index is 1.54. The summed E-state index contributed by atoms with van der Waals surface area (Å²) in [5.41, 5.74) is 2.77. The summed E-state index contributed by atoms with van der Waals surface area (Å²) in [6, 6.07) is 13.6. The van der Waals surface area contributed by atoms with Crippen molar-refractivity contribution in [3.63, 3.8) is 0 Å². The normalized spacial score (nSPS) is 16.8. The molecule has 1 aliphatic rings. The Morgan fingerprint density at radius 2 is 2.00 bits per heavy atom. The minimum Gasteiger partial charge on any atom is -0.441 e. The van der Waals surface area contributed by atoms with Crippen molar-refractivity contribution in [1.29, 1.82) is 0 Å². The predicted molar refractivity (Wildman–Crippen MR) is 109 cm³/mol. The molecule has 3 heterocycles. The summed E-state index contributed by atoms with van der Waals surface area (Å²) < 4.78 is 11.8. The fourth-order valence-electron chi connectivity index (χ4n) is 3.52. The van der Waals surface area contributed by atoms with Gasteiger partial charge in [-0.25, -0.2) is 4.98 Å². The van der Waals surface area contributed by atoms with Gasteiger partial charge in [-0.1, -0.05) is 29.8 Å². The summed E-state index contributed by atoms with van der Waals surface area (Å²) in [5, 5.41) is 0.639. The van der Waals surface area contributed by atoms with Crippen LogP contribution in [-0.2, 0) is 17.8 Å². The van der Waals surface area contributed by atoms with Crippen LogP contribution < -0.4 is 0 Å². The van der Waals surface area contributed by atoms with Crippen molar-refractivity contribution < 1.29 is 9.15 Å². The summed E-state index contributed by atoms with van der Waals surface area (Å²) in [5.74, 6) is 1.38. The molecule has 0 unspecified atom stereocenters. The van der Waals surface area contributed by atoms with Crippen LogP contribution in [0.1, 0.15) is 30.0 Å². The summed E-state index contributed by atoms with van der Waals surface area (Å²) in [7, 11) is 0. The van der Waals surface area contributed by atoms with Gasteiger partial charge in [0.05, 0.1) is 28.1 Å². The zero-order chi connectivity index (χ0) is 19.3. The number of pyridine rings is 1. The van der Waals surface area contributed by atoms with Crippen molar-refractivity contribution in [2.45, 2.75) is 39.0 Å². The number of oxazole rings is 1. The first kappa shape index (κ1) is 19.1. The molecular weight excluding hydrogens is 374 g/mol. The smallest absolute Gasteiger partial charge is 0.228 e. The lowest BCUT2D eigenvalue weighted by Crippen LogP contribution is -2.32. The molecule has 1 atom stereocenters. The van der Waals surface area contributed by atoms with E-state index < -0.39 is 0 Å². The Bertz CT molecular complexity index is 907. The fourth-order valence-corrected chi connectivity index (χ4v) is 3.74. The monoisotopic (exact) mass is 397 g/mol. The third-order valence-corrected chi connectivity index (χ3v) is 5.30. The van der Waals surface area contributed by atoms with Crippen LogP contribution in [0.15, 0.2) is 53.1 Å². The number of halogens is 1. The number of nitrogens with zero attached hydrogens (tertiary/aromatic N) is 3. The van der Waals surface area contributed by atoms with Crippen molar-refractivity contribution >= 4 is 11.6 Å². The van der Waals surface area contributed by atoms with Crippen LogP contribution in [0.25, 0.3) is 11.5 Å². The number of aromatic nitrogens is 2. The second-order valence-corrected chi connectivity index (χ2v) is 7.53. The minimum atomic E-state index is 0.263. The summed E-state index contributed by atoms with van der Waals surface area (Å²) in [6.45, 7) is 5.07. The minimum absolute atomic E-state index is 0.263. The van der Waals surface area contributed by atoms with Crippen LogP contribution >= 0.6 is 11.6 Å². The highest BCUT2D eigenvalue weighted by atomic mass is 35.5. The van der Waals surface area contributed by atoms with Gasteiger partial charge in [0, 0.05) is 32.4 Å².